The summed E-state index contributed by atoms with van der Waals surface area (Å²) in [6, 6.07) is 13.0. The molecule has 5 rings (SSSR count). The topological polar surface area (TPSA) is 46.1 Å². The van der Waals surface area contributed by atoms with Crippen LogP contribution in [0.3, 0.4) is 0 Å². The molecule has 1 aliphatic rings. The number of nitrogens with one attached hydrogen (secondary N) is 2. The number of anilines is 1. The van der Waals surface area contributed by atoms with E-state index in [0.717, 1.165) is 53.9 Å². The molecule has 2 aromatic carbocycles. The lowest BCUT2D eigenvalue weighted by atomic mass is 9.89. The van der Waals surface area contributed by atoms with Gasteiger partial charge in [0, 0.05) is 0 Å². The number of alkyl halides is 3. The van der Waals surface area contributed by atoms with Crippen molar-refractivity contribution in [3.05, 3.63) is 75.9 Å². The highest BCUT2D eigenvalue weighted by Crippen LogP contribution is 2.36. The fourth-order valence-corrected chi connectivity index (χ4v) is 4.72. The zero-order chi connectivity index (χ0) is 23.2. The van der Waals surface area contributed by atoms with Crippen molar-refractivity contribution in [2.75, 3.05) is 18.0 Å². The maximum Gasteiger partial charge on any atom is 0.416 e. The van der Waals surface area contributed by atoms with Crippen molar-refractivity contribution < 1.29 is 18.2 Å². The summed E-state index contributed by atoms with van der Waals surface area (Å²) in [5.74, 6) is 1.88. The van der Waals surface area contributed by atoms with Gasteiger partial charge in [0.1, 0.15) is 11.4 Å². The number of benzene rings is 2. The number of piperidine rings is 1. The third kappa shape index (κ3) is 4.39. The number of halogens is 5. The highest BCUT2D eigenvalue weighted by atomic mass is 35.5. The third-order valence-corrected chi connectivity index (χ3v) is 6.86. The van der Waals surface area contributed by atoms with E-state index in [-0.39, 0.29) is 5.92 Å². The van der Waals surface area contributed by atoms with Gasteiger partial charge in [0.2, 0.25) is 0 Å². The van der Waals surface area contributed by atoms with Gasteiger partial charge in [-0.2, -0.15) is 13.2 Å². The van der Waals surface area contributed by atoms with Crippen molar-refractivity contribution in [3.8, 4) is 11.4 Å². The molecule has 0 spiro atoms. The van der Waals surface area contributed by atoms with Gasteiger partial charge in [-0.3, -0.25) is 4.90 Å². The molecule has 170 valence electrons. The van der Waals surface area contributed by atoms with Crippen LogP contribution in [0.4, 0.5) is 19.0 Å². The molecule has 2 N–H and O–H groups in total. The SMILES string of the molecule is FC(F)(F)c1ccc(C2CCN(c3[nH+]cccc3-c3nc4cc(Cl)c(Cl)cc4[nH]3)CC2)cc1. The highest BCUT2D eigenvalue weighted by Gasteiger charge is 2.32. The van der Waals surface area contributed by atoms with Crippen LogP contribution in [-0.4, -0.2) is 23.1 Å². The van der Waals surface area contributed by atoms with Gasteiger partial charge in [0.05, 0.1) is 45.9 Å². The summed E-state index contributed by atoms with van der Waals surface area (Å²) in [5.41, 5.74) is 2.80. The summed E-state index contributed by atoms with van der Waals surface area (Å²) in [4.78, 5) is 13.6. The van der Waals surface area contributed by atoms with Crippen molar-refractivity contribution in [3.63, 3.8) is 0 Å². The molecule has 0 bridgehead atoms. The molecule has 1 saturated heterocycles. The molecule has 2 aromatic heterocycles. The number of imidazole rings is 1. The van der Waals surface area contributed by atoms with Crippen molar-refractivity contribution in [1.82, 2.24) is 9.97 Å². The first-order valence-electron chi connectivity index (χ1n) is 10.6. The molecular formula is C24H20Cl2F3N4+. The first-order chi connectivity index (χ1) is 15.8. The fourth-order valence-electron chi connectivity index (χ4n) is 4.39. The average molecular weight is 492 g/mol. The van der Waals surface area contributed by atoms with Gasteiger partial charge in [0.15, 0.2) is 0 Å². The Labute approximate surface area is 198 Å². The molecule has 0 aliphatic carbocycles. The van der Waals surface area contributed by atoms with Gasteiger partial charge >= 0.3 is 6.18 Å². The molecule has 0 radical (unpaired) electrons. The lowest BCUT2D eigenvalue weighted by Gasteiger charge is -2.28. The molecule has 0 atom stereocenters. The molecule has 0 unspecified atom stereocenters. The van der Waals surface area contributed by atoms with Crippen LogP contribution in [0.5, 0.6) is 0 Å². The summed E-state index contributed by atoms with van der Waals surface area (Å²) in [5, 5.41) is 0.914. The fraction of sp³-hybridized carbons (Fsp3) is 0.250. The van der Waals surface area contributed by atoms with E-state index in [1.807, 2.05) is 18.3 Å². The largest absolute Gasteiger partial charge is 0.416 e. The second-order valence-corrected chi connectivity index (χ2v) is 9.00. The average Bonchev–Trinajstić information content (AvgIpc) is 3.21. The zero-order valence-electron chi connectivity index (χ0n) is 17.4. The summed E-state index contributed by atoms with van der Waals surface area (Å²) in [6.45, 7) is 1.55. The van der Waals surface area contributed by atoms with Crippen LogP contribution in [0.1, 0.15) is 29.9 Å². The van der Waals surface area contributed by atoms with Gasteiger partial charge in [-0.25, -0.2) is 9.97 Å². The van der Waals surface area contributed by atoms with Crippen LogP contribution in [0, 0.1) is 0 Å². The minimum atomic E-state index is -4.31. The number of rotatable bonds is 3. The van der Waals surface area contributed by atoms with E-state index in [4.69, 9.17) is 28.2 Å². The van der Waals surface area contributed by atoms with E-state index in [9.17, 15) is 13.2 Å². The van der Waals surface area contributed by atoms with E-state index in [1.165, 1.54) is 12.1 Å². The van der Waals surface area contributed by atoms with E-state index in [1.54, 1.807) is 24.3 Å². The van der Waals surface area contributed by atoms with E-state index >= 15 is 0 Å². The Morgan fingerprint density at radius 1 is 1.00 bits per heavy atom. The van der Waals surface area contributed by atoms with Gasteiger partial charge in [0.25, 0.3) is 5.82 Å². The molecule has 9 heteroatoms. The Morgan fingerprint density at radius 3 is 2.39 bits per heavy atom. The number of hydrogen-bond donors (Lipinski definition) is 1. The predicted octanol–water partition coefficient (Wildman–Crippen LogP) is 6.75. The molecule has 4 nitrogen and oxygen atoms in total. The third-order valence-electron chi connectivity index (χ3n) is 6.13. The van der Waals surface area contributed by atoms with Crippen LogP contribution in [0.2, 0.25) is 10.0 Å². The first kappa shape index (κ1) is 22.0. The molecule has 3 heterocycles. The Balaban J connectivity index is 1.36. The number of H-pyrrole nitrogens is 2. The second kappa shape index (κ2) is 8.54. The van der Waals surface area contributed by atoms with Crippen molar-refractivity contribution in [1.29, 1.82) is 0 Å². The molecule has 0 saturated carbocycles. The van der Waals surface area contributed by atoms with Crippen LogP contribution >= 0.6 is 23.2 Å². The lowest BCUT2D eigenvalue weighted by Crippen LogP contribution is -2.36. The van der Waals surface area contributed by atoms with Crippen molar-refractivity contribution in [2.24, 2.45) is 0 Å². The standard InChI is InChI=1S/C24H19Cl2F3N4/c25-18-12-20-21(13-19(18)26)32-22(31-20)17-2-1-9-30-23(17)33-10-7-15(8-11-33)14-3-5-16(6-4-14)24(27,28)29/h1-6,9,12-13,15H,7-8,10-11H2,(H,31,32)/p+1. The maximum absolute atomic E-state index is 12.9. The number of fused-ring (bicyclic) bond motifs is 1. The van der Waals surface area contributed by atoms with E-state index < -0.39 is 11.7 Å². The van der Waals surface area contributed by atoms with E-state index in [2.05, 4.69) is 14.9 Å². The Morgan fingerprint density at radius 2 is 1.70 bits per heavy atom. The molecule has 33 heavy (non-hydrogen) atoms. The normalized spacial score (nSPS) is 15.4. The summed E-state index contributed by atoms with van der Waals surface area (Å²) >= 11 is 12.3. The number of aromatic nitrogens is 3. The molecular weight excluding hydrogens is 472 g/mol. The Hall–Kier alpha value is -2.77. The molecule has 0 amide bonds. The minimum absolute atomic E-state index is 0.228. The zero-order valence-corrected chi connectivity index (χ0v) is 18.9. The molecule has 1 aliphatic heterocycles. The van der Waals surface area contributed by atoms with Crippen LogP contribution < -0.4 is 9.88 Å². The molecule has 1 fully saturated rings. The first-order valence-corrected chi connectivity index (χ1v) is 11.3. The van der Waals surface area contributed by atoms with Gasteiger partial charge in [-0.1, -0.05) is 35.3 Å². The quantitative estimate of drug-likeness (QED) is 0.344. The molecule has 4 aromatic rings. The number of pyridine rings is 1. The summed E-state index contributed by atoms with van der Waals surface area (Å²) in [7, 11) is 0. The van der Waals surface area contributed by atoms with Crippen LogP contribution in [-0.2, 0) is 6.18 Å². The van der Waals surface area contributed by atoms with E-state index in [0.29, 0.717) is 15.9 Å². The van der Waals surface area contributed by atoms with Gasteiger partial charge < -0.3 is 4.98 Å². The number of aromatic amines is 2. The Kier molecular flexibility index (Phi) is 5.70. The van der Waals surface area contributed by atoms with Crippen LogP contribution in [0.25, 0.3) is 22.4 Å². The maximum atomic E-state index is 12.9. The van der Waals surface area contributed by atoms with Crippen molar-refractivity contribution >= 4 is 40.1 Å². The minimum Gasteiger partial charge on any atom is -0.338 e. The predicted molar refractivity (Wildman–Crippen MR) is 124 cm³/mol. The van der Waals surface area contributed by atoms with Crippen molar-refractivity contribution in [2.45, 2.75) is 24.9 Å². The second-order valence-electron chi connectivity index (χ2n) is 8.18. The summed E-state index contributed by atoms with van der Waals surface area (Å²) < 4.78 is 38.6. The highest BCUT2D eigenvalue weighted by molar-refractivity contribution is 6.42. The number of nitrogens with zero attached hydrogens (tertiary/aromatic N) is 2. The van der Waals surface area contributed by atoms with Gasteiger partial charge in [-0.15, -0.1) is 0 Å². The summed E-state index contributed by atoms with van der Waals surface area (Å²) in [6.07, 6.45) is -0.746. The van der Waals surface area contributed by atoms with Crippen LogP contribution in [0.15, 0.2) is 54.7 Å². The Bertz CT molecular complexity index is 1250. The smallest absolute Gasteiger partial charge is 0.338 e. The van der Waals surface area contributed by atoms with Gasteiger partial charge in [-0.05, 0) is 60.7 Å². The monoisotopic (exact) mass is 491 g/mol. The lowest BCUT2D eigenvalue weighted by molar-refractivity contribution is -0.363. The number of hydrogen-bond acceptors (Lipinski definition) is 2.